The second kappa shape index (κ2) is 4.67. The zero-order valence-electron chi connectivity index (χ0n) is 6.18. The summed E-state index contributed by atoms with van der Waals surface area (Å²) in [6.45, 7) is 0. The molecule has 0 saturated carbocycles. The summed E-state index contributed by atoms with van der Waals surface area (Å²) in [5.74, 6) is -0.0685. The highest BCUT2D eigenvalue weighted by atomic mass is 127. The van der Waals surface area contributed by atoms with Crippen LogP contribution in [0.4, 0.5) is 0 Å². The van der Waals surface area contributed by atoms with Crippen LogP contribution < -0.4 is 5.32 Å². The minimum Gasteiger partial charge on any atom is -0.343 e. The van der Waals surface area contributed by atoms with Crippen molar-refractivity contribution in [3.05, 3.63) is 34.9 Å². The Bertz CT molecular complexity index is 273. The maximum atomic E-state index is 11.2. The van der Waals surface area contributed by atoms with E-state index in [1.165, 1.54) is 0 Å². The Morgan fingerprint density at radius 3 is 2.50 bits per heavy atom. The van der Waals surface area contributed by atoms with Crippen LogP contribution in [0.3, 0.4) is 0 Å². The predicted octanol–water partition coefficient (Wildman–Crippen LogP) is 2.46. The molecule has 0 saturated heterocycles. The third-order valence-electron chi connectivity index (χ3n) is 1.33. The van der Waals surface area contributed by atoms with Crippen LogP contribution in [-0.4, -0.2) is 10.5 Å². The lowest BCUT2D eigenvalue weighted by atomic mass is 10.2. The zero-order valence-corrected chi connectivity index (χ0v) is 9.09. The molecule has 0 bridgehead atoms. The van der Waals surface area contributed by atoms with E-state index in [4.69, 9.17) is 11.6 Å². The molecule has 0 aliphatic carbocycles. The van der Waals surface area contributed by atoms with Crippen LogP contribution in [0.5, 0.6) is 0 Å². The van der Waals surface area contributed by atoms with Crippen LogP contribution >= 0.6 is 34.2 Å². The first kappa shape index (κ1) is 9.80. The lowest BCUT2D eigenvalue weighted by Crippen LogP contribution is -2.20. The fraction of sp³-hybridized carbons (Fsp3) is 0.125. The smallest absolute Gasteiger partial charge is 0.251 e. The third-order valence-corrected chi connectivity index (χ3v) is 1.97. The minimum absolute atomic E-state index is 0.0685. The average Bonchev–Trinajstić information content (AvgIpc) is 2.06. The Morgan fingerprint density at radius 2 is 2.00 bits per heavy atom. The van der Waals surface area contributed by atoms with Crippen LogP contribution in [0.25, 0.3) is 0 Å². The topological polar surface area (TPSA) is 29.1 Å². The van der Waals surface area contributed by atoms with Crippen LogP contribution in [0.15, 0.2) is 24.3 Å². The van der Waals surface area contributed by atoms with Crippen LogP contribution in [0.1, 0.15) is 10.4 Å². The molecule has 0 fully saturated rings. The molecule has 1 aromatic carbocycles. The molecule has 12 heavy (non-hydrogen) atoms. The third kappa shape index (κ3) is 2.64. The van der Waals surface area contributed by atoms with E-state index in [0.29, 0.717) is 15.1 Å². The van der Waals surface area contributed by atoms with E-state index in [1.807, 2.05) is 0 Å². The standard InChI is InChI=1S/C8H7ClINO/c9-7-3-1-6(2-4-7)8(12)11-5-10/h1-4H,5H2,(H,11,12). The van der Waals surface area contributed by atoms with Gasteiger partial charge in [0.1, 0.15) is 0 Å². The summed E-state index contributed by atoms with van der Waals surface area (Å²) in [5.41, 5.74) is 0.635. The van der Waals surface area contributed by atoms with Crippen molar-refractivity contribution in [1.82, 2.24) is 5.32 Å². The number of rotatable bonds is 2. The first-order valence-electron chi connectivity index (χ1n) is 3.34. The molecule has 4 heteroatoms. The van der Waals surface area contributed by atoms with E-state index in [1.54, 1.807) is 24.3 Å². The van der Waals surface area contributed by atoms with Gasteiger partial charge in [0.25, 0.3) is 5.91 Å². The summed E-state index contributed by atoms with van der Waals surface area (Å²) >= 11 is 7.74. The van der Waals surface area contributed by atoms with Crippen LogP contribution in [0.2, 0.25) is 5.02 Å². The van der Waals surface area contributed by atoms with Crippen molar-refractivity contribution in [3.63, 3.8) is 0 Å². The summed E-state index contributed by atoms with van der Waals surface area (Å²) in [6.07, 6.45) is 0. The Balaban J connectivity index is 2.75. The van der Waals surface area contributed by atoms with Gasteiger partial charge in [0, 0.05) is 10.6 Å². The molecule has 0 atom stereocenters. The van der Waals surface area contributed by atoms with Gasteiger partial charge in [-0.25, -0.2) is 0 Å². The monoisotopic (exact) mass is 295 g/mol. The number of benzene rings is 1. The van der Waals surface area contributed by atoms with Gasteiger partial charge in [-0.3, -0.25) is 4.79 Å². The first-order valence-corrected chi connectivity index (χ1v) is 5.24. The van der Waals surface area contributed by atoms with Gasteiger partial charge in [-0.05, 0) is 24.3 Å². The summed E-state index contributed by atoms with van der Waals surface area (Å²) in [5, 5.41) is 3.33. The number of amides is 1. The largest absolute Gasteiger partial charge is 0.343 e. The van der Waals surface area contributed by atoms with Crippen LogP contribution in [-0.2, 0) is 0 Å². The molecule has 0 aliphatic heterocycles. The van der Waals surface area contributed by atoms with Gasteiger partial charge >= 0.3 is 0 Å². The maximum absolute atomic E-state index is 11.2. The molecule has 1 rings (SSSR count). The number of hydrogen-bond donors (Lipinski definition) is 1. The van der Waals surface area contributed by atoms with Gasteiger partial charge in [-0.1, -0.05) is 34.2 Å². The molecular formula is C8H7ClINO. The van der Waals surface area contributed by atoms with Crippen molar-refractivity contribution in [2.24, 2.45) is 0 Å². The number of hydrogen-bond acceptors (Lipinski definition) is 1. The molecule has 0 aliphatic rings. The molecular weight excluding hydrogens is 288 g/mol. The van der Waals surface area contributed by atoms with Crippen molar-refractivity contribution in [1.29, 1.82) is 0 Å². The summed E-state index contributed by atoms with van der Waals surface area (Å²) in [6, 6.07) is 6.79. The summed E-state index contributed by atoms with van der Waals surface area (Å²) in [7, 11) is 0. The summed E-state index contributed by atoms with van der Waals surface area (Å²) in [4.78, 5) is 11.2. The first-order chi connectivity index (χ1) is 5.74. The molecule has 64 valence electrons. The Hall–Kier alpha value is -0.290. The summed E-state index contributed by atoms with van der Waals surface area (Å²) < 4.78 is 0.610. The second-order valence-electron chi connectivity index (χ2n) is 2.15. The fourth-order valence-electron chi connectivity index (χ4n) is 0.764. The highest BCUT2D eigenvalue weighted by molar-refractivity contribution is 14.1. The number of alkyl halides is 1. The molecule has 0 unspecified atom stereocenters. The Kier molecular flexibility index (Phi) is 3.81. The van der Waals surface area contributed by atoms with Crippen molar-refractivity contribution in [3.8, 4) is 0 Å². The molecule has 1 amide bonds. The van der Waals surface area contributed by atoms with Crippen molar-refractivity contribution in [2.75, 3.05) is 4.55 Å². The molecule has 0 spiro atoms. The highest BCUT2D eigenvalue weighted by Gasteiger charge is 2.01. The SMILES string of the molecule is O=C(NCI)c1ccc(Cl)cc1. The van der Waals surface area contributed by atoms with Gasteiger partial charge in [0.05, 0.1) is 4.55 Å². The minimum atomic E-state index is -0.0685. The fourth-order valence-corrected chi connectivity index (χ4v) is 1.24. The average molecular weight is 296 g/mol. The van der Waals surface area contributed by atoms with Gasteiger partial charge in [0.2, 0.25) is 0 Å². The van der Waals surface area contributed by atoms with E-state index in [0.717, 1.165) is 0 Å². The van der Waals surface area contributed by atoms with Gasteiger partial charge < -0.3 is 5.32 Å². The predicted molar refractivity (Wildman–Crippen MR) is 57.8 cm³/mol. The zero-order chi connectivity index (χ0) is 8.97. The maximum Gasteiger partial charge on any atom is 0.251 e. The van der Waals surface area contributed by atoms with E-state index < -0.39 is 0 Å². The Morgan fingerprint density at radius 1 is 1.42 bits per heavy atom. The molecule has 2 nitrogen and oxygen atoms in total. The number of carbonyl (C=O) groups excluding carboxylic acids is 1. The van der Waals surface area contributed by atoms with Gasteiger partial charge in [0.15, 0.2) is 0 Å². The normalized spacial score (nSPS) is 9.50. The number of halogens is 2. The van der Waals surface area contributed by atoms with Crippen molar-refractivity contribution >= 4 is 40.1 Å². The number of carbonyl (C=O) groups is 1. The Labute approximate surface area is 89.4 Å². The lowest BCUT2D eigenvalue weighted by molar-refractivity contribution is 0.0962. The molecule has 0 aromatic heterocycles. The van der Waals surface area contributed by atoms with Gasteiger partial charge in [-0.2, -0.15) is 0 Å². The quantitative estimate of drug-likeness (QED) is 0.507. The lowest BCUT2D eigenvalue weighted by Gasteiger charge is -2.00. The molecule has 1 aromatic rings. The molecule has 0 heterocycles. The molecule has 1 N–H and O–H groups in total. The van der Waals surface area contributed by atoms with E-state index in [9.17, 15) is 4.79 Å². The van der Waals surface area contributed by atoms with Crippen molar-refractivity contribution in [2.45, 2.75) is 0 Å². The van der Waals surface area contributed by atoms with Crippen LogP contribution in [0, 0.1) is 0 Å². The van der Waals surface area contributed by atoms with E-state index in [2.05, 4.69) is 27.9 Å². The highest BCUT2D eigenvalue weighted by Crippen LogP contribution is 2.09. The van der Waals surface area contributed by atoms with Crippen molar-refractivity contribution < 1.29 is 4.79 Å². The molecule has 0 radical (unpaired) electrons. The second-order valence-corrected chi connectivity index (χ2v) is 3.35. The van der Waals surface area contributed by atoms with Gasteiger partial charge in [-0.15, -0.1) is 0 Å². The van der Waals surface area contributed by atoms with E-state index >= 15 is 0 Å². The van der Waals surface area contributed by atoms with E-state index in [-0.39, 0.29) is 5.91 Å². The number of nitrogens with one attached hydrogen (secondary N) is 1.